The van der Waals surface area contributed by atoms with Crippen molar-refractivity contribution in [2.45, 2.75) is 25.6 Å². The summed E-state index contributed by atoms with van der Waals surface area (Å²) >= 11 is 0. The maximum absolute atomic E-state index is 12.0. The van der Waals surface area contributed by atoms with Gasteiger partial charge in [0.2, 0.25) is 11.7 Å². The van der Waals surface area contributed by atoms with E-state index in [2.05, 4.69) is 24.7 Å². The van der Waals surface area contributed by atoms with Crippen LogP contribution in [0, 0.1) is 0 Å². The highest BCUT2D eigenvalue weighted by molar-refractivity contribution is 5.53. The van der Waals surface area contributed by atoms with Gasteiger partial charge in [-0.15, -0.1) is 0 Å². The van der Waals surface area contributed by atoms with Crippen molar-refractivity contribution in [2.75, 3.05) is 45.9 Å². The summed E-state index contributed by atoms with van der Waals surface area (Å²) in [6.07, 6.45) is -3.66. The topological polar surface area (TPSA) is 54.6 Å². The Morgan fingerprint density at radius 1 is 1.14 bits per heavy atom. The predicted molar refractivity (Wildman–Crippen MR) is 97.7 cm³/mol. The normalized spacial score (nSPS) is 17.7. The zero-order valence-corrected chi connectivity index (χ0v) is 15.9. The molecular formula is C19H25F3N4O2. The number of piperazine rings is 1. The van der Waals surface area contributed by atoms with Crippen LogP contribution in [-0.4, -0.2) is 72.1 Å². The minimum Gasteiger partial charge on any atom is -0.372 e. The number of hydrogen-bond donors (Lipinski definition) is 0. The third-order valence-electron chi connectivity index (χ3n) is 4.81. The maximum Gasteiger partial charge on any atom is 0.411 e. The average molecular weight is 398 g/mol. The summed E-state index contributed by atoms with van der Waals surface area (Å²) in [7, 11) is 0. The quantitative estimate of drug-likeness (QED) is 0.636. The molecule has 1 aromatic carbocycles. The zero-order chi connectivity index (χ0) is 20.0. The van der Waals surface area contributed by atoms with E-state index in [1.54, 1.807) is 0 Å². The van der Waals surface area contributed by atoms with Crippen LogP contribution in [0.1, 0.15) is 25.3 Å². The number of rotatable bonds is 8. The van der Waals surface area contributed by atoms with Gasteiger partial charge in [0.25, 0.3) is 0 Å². The molecule has 0 amide bonds. The van der Waals surface area contributed by atoms with Gasteiger partial charge in [-0.2, -0.15) is 18.2 Å². The Kier molecular flexibility index (Phi) is 7.03. The second-order valence-corrected chi connectivity index (χ2v) is 6.90. The molecular weight excluding hydrogens is 373 g/mol. The molecule has 1 aliphatic rings. The fraction of sp³-hybridized carbons (Fsp3) is 0.579. The minimum atomic E-state index is -4.25. The Labute approximate surface area is 162 Å². The van der Waals surface area contributed by atoms with Crippen LogP contribution in [0.15, 0.2) is 34.9 Å². The molecule has 6 nitrogen and oxygen atoms in total. The molecule has 1 aliphatic heterocycles. The molecule has 0 N–H and O–H groups in total. The van der Waals surface area contributed by atoms with Gasteiger partial charge < -0.3 is 14.2 Å². The van der Waals surface area contributed by atoms with Gasteiger partial charge in [-0.05, 0) is 13.3 Å². The molecule has 154 valence electrons. The van der Waals surface area contributed by atoms with E-state index in [-0.39, 0.29) is 12.6 Å². The molecule has 28 heavy (non-hydrogen) atoms. The number of benzene rings is 1. The lowest BCUT2D eigenvalue weighted by Crippen LogP contribution is -2.47. The molecule has 2 aromatic rings. The largest absolute Gasteiger partial charge is 0.411 e. The van der Waals surface area contributed by atoms with Crippen molar-refractivity contribution < 1.29 is 22.4 Å². The Morgan fingerprint density at radius 2 is 1.86 bits per heavy atom. The van der Waals surface area contributed by atoms with Crippen LogP contribution in [0.2, 0.25) is 0 Å². The highest BCUT2D eigenvalue weighted by atomic mass is 19.4. The molecule has 2 heterocycles. The monoisotopic (exact) mass is 398 g/mol. The van der Waals surface area contributed by atoms with Gasteiger partial charge in [0.05, 0.1) is 6.04 Å². The molecule has 0 radical (unpaired) electrons. The first-order valence-corrected chi connectivity index (χ1v) is 9.42. The van der Waals surface area contributed by atoms with Crippen molar-refractivity contribution in [3.8, 4) is 11.4 Å². The predicted octanol–water partition coefficient (Wildman–Crippen LogP) is 3.38. The molecule has 0 bridgehead atoms. The standard InChI is InChI=1S/C19H25F3N4O2/c1-15(18-23-17(24-28-18)16-6-3-2-4-7-16)26-11-9-25(10-12-26)8-5-13-27-14-19(20,21)22/h2-4,6-7,15H,5,8-14H2,1H3. The summed E-state index contributed by atoms with van der Waals surface area (Å²) in [6.45, 7) is 5.11. The molecule has 1 saturated heterocycles. The maximum atomic E-state index is 12.0. The van der Waals surface area contributed by atoms with E-state index in [0.29, 0.717) is 18.1 Å². The van der Waals surface area contributed by atoms with Gasteiger partial charge in [0.1, 0.15) is 6.61 Å². The zero-order valence-electron chi connectivity index (χ0n) is 15.9. The number of nitrogens with zero attached hydrogens (tertiary/aromatic N) is 4. The number of aromatic nitrogens is 2. The summed E-state index contributed by atoms with van der Waals surface area (Å²) in [5.41, 5.74) is 0.919. The van der Waals surface area contributed by atoms with E-state index in [0.717, 1.165) is 38.3 Å². The van der Waals surface area contributed by atoms with E-state index in [1.165, 1.54) is 0 Å². The van der Waals surface area contributed by atoms with Gasteiger partial charge in [0.15, 0.2) is 0 Å². The molecule has 0 aliphatic carbocycles. The van der Waals surface area contributed by atoms with Crippen molar-refractivity contribution >= 4 is 0 Å². The summed E-state index contributed by atoms with van der Waals surface area (Å²) in [4.78, 5) is 9.04. The Hall–Kier alpha value is -1.97. The number of hydrogen-bond acceptors (Lipinski definition) is 6. The van der Waals surface area contributed by atoms with Crippen LogP contribution >= 0.6 is 0 Å². The van der Waals surface area contributed by atoms with Crippen LogP contribution in [-0.2, 0) is 4.74 Å². The van der Waals surface area contributed by atoms with Crippen LogP contribution in [0.25, 0.3) is 11.4 Å². The third kappa shape index (κ3) is 6.02. The molecule has 0 saturated carbocycles. The lowest BCUT2D eigenvalue weighted by Gasteiger charge is -2.36. The van der Waals surface area contributed by atoms with Crippen molar-refractivity contribution in [1.29, 1.82) is 0 Å². The first kappa shape index (κ1) is 20.8. The van der Waals surface area contributed by atoms with Gasteiger partial charge in [-0.3, -0.25) is 4.90 Å². The first-order valence-electron chi connectivity index (χ1n) is 9.42. The Bertz CT molecular complexity index is 715. The molecule has 0 spiro atoms. The van der Waals surface area contributed by atoms with Gasteiger partial charge in [-0.25, -0.2) is 0 Å². The number of halogens is 3. The minimum absolute atomic E-state index is 0.0160. The molecule has 1 fully saturated rings. The van der Waals surface area contributed by atoms with Crippen molar-refractivity contribution in [3.05, 3.63) is 36.2 Å². The number of alkyl halides is 3. The molecule has 3 rings (SSSR count). The van der Waals surface area contributed by atoms with E-state index < -0.39 is 12.8 Å². The molecule has 9 heteroatoms. The second kappa shape index (κ2) is 9.49. The smallest absolute Gasteiger partial charge is 0.372 e. The summed E-state index contributed by atoms with van der Waals surface area (Å²) in [5.74, 6) is 1.17. The van der Waals surface area contributed by atoms with Crippen molar-refractivity contribution in [1.82, 2.24) is 19.9 Å². The molecule has 1 unspecified atom stereocenters. The van der Waals surface area contributed by atoms with Crippen LogP contribution < -0.4 is 0 Å². The number of ether oxygens (including phenoxy) is 1. The van der Waals surface area contributed by atoms with Crippen LogP contribution in [0.4, 0.5) is 13.2 Å². The Morgan fingerprint density at radius 3 is 2.54 bits per heavy atom. The summed E-state index contributed by atoms with van der Waals surface area (Å²) in [5, 5.41) is 4.08. The molecule has 1 aromatic heterocycles. The summed E-state index contributed by atoms with van der Waals surface area (Å²) in [6, 6.07) is 9.70. The second-order valence-electron chi connectivity index (χ2n) is 6.90. The van der Waals surface area contributed by atoms with E-state index in [4.69, 9.17) is 4.52 Å². The van der Waals surface area contributed by atoms with Gasteiger partial charge >= 0.3 is 6.18 Å². The Balaban J connectivity index is 1.41. The fourth-order valence-electron chi connectivity index (χ4n) is 3.22. The first-order chi connectivity index (χ1) is 13.4. The fourth-order valence-corrected chi connectivity index (χ4v) is 3.22. The molecule has 1 atom stereocenters. The van der Waals surface area contributed by atoms with E-state index >= 15 is 0 Å². The summed E-state index contributed by atoms with van der Waals surface area (Å²) < 4.78 is 46.2. The lowest BCUT2D eigenvalue weighted by atomic mass is 10.2. The van der Waals surface area contributed by atoms with Gasteiger partial charge in [-0.1, -0.05) is 35.5 Å². The van der Waals surface area contributed by atoms with Crippen molar-refractivity contribution in [2.24, 2.45) is 0 Å². The van der Waals surface area contributed by atoms with Crippen LogP contribution in [0.3, 0.4) is 0 Å². The highest BCUT2D eigenvalue weighted by Crippen LogP contribution is 2.23. The third-order valence-corrected chi connectivity index (χ3v) is 4.81. The SMILES string of the molecule is CC(c1nc(-c2ccccc2)no1)N1CCN(CCCOCC(F)(F)F)CC1. The van der Waals surface area contributed by atoms with E-state index in [9.17, 15) is 13.2 Å². The highest BCUT2D eigenvalue weighted by Gasteiger charge is 2.28. The lowest BCUT2D eigenvalue weighted by molar-refractivity contribution is -0.174. The van der Waals surface area contributed by atoms with E-state index in [1.807, 2.05) is 37.3 Å². The van der Waals surface area contributed by atoms with Crippen molar-refractivity contribution in [3.63, 3.8) is 0 Å². The van der Waals surface area contributed by atoms with Gasteiger partial charge in [0, 0.05) is 44.9 Å². The average Bonchev–Trinajstić information content (AvgIpc) is 3.18. The van der Waals surface area contributed by atoms with Crippen LogP contribution in [0.5, 0.6) is 0 Å².